The molecule has 2 aromatic carbocycles. The van der Waals surface area contributed by atoms with Gasteiger partial charge in [0, 0.05) is 6.04 Å². The fourth-order valence-electron chi connectivity index (χ4n) is 3.03. The Morgan fingerprint density at radius 3 is 2.38 bits per heavy atom. The minimum Gasteiger partial charge on any atom is -0.370 e. The molecule has 3 rings (SSSR count). The van der Waals surface area contributed by atoms with Crippen LogP contribution in [-0.2, 0) is 10.3 Å². The summed E-state index contributed by atoms with van der Waals surface area (Å²) in [7, 11) is 0. The van der Waals surface area contributed by atoms with Crippen molar-refractivity contribution in [3.8, 4) is 0 Å². The predicted molar refractivity (Wildman–Crippen MR) is 81.5 cm³/mol. The Kier molecular flexibility index (Phi) is 3.79. The number of halogens is 1. The van der Waals surface area contributed by atoms with Crippen LogP contribution >= 0.6 is 0 Å². The van der Waals surface area contributed by atoms with Gasteiger partial charge in [0.05, 0.1) is 18.2 Å². The summed E-state index contributed by atoms with van der Waals surface area (Å²) >= 11 is 0. The summed E-state index contributed by atoms with van der Waals surface area (Å²) < 4.78 is 19.1. The fraction of sp³-hybridized carbons (Fsp3) is 0.333. The molecule has 2 nitrogen and oxygen atoms in total. The second-order valence-corrected chi connectivity index (χ2v) is 5.91. The van der Waals surface area contributed by atoms with Gasteiger partial charge in [0.25, 0.3) is 0 Å². The standard InChI is InChI=1S/C18H20FNO/c1-13-17(14-8-10-16(19)11-9-14)21-12-18(2,20-13)15-6-4-3-5-7-15/h3-11,13,17,20H,12H2,1-2H3. The molecule has 2 aromatic rings. The lowest BCUT2D eigenvalue weighted by atomic mass is 9.88. The zero-order valence-electron chi connectivity index (χ0n) is 12.3. The molecule has 0 aromatic heterocycles. The first-order chi connectivity index (χ1) is 10.1. The second kappa shape index (κ2) is 5.58. The van der Waals surface area contributed by atoms with E-state index in [1.54, 1.807) is 12.1 Å². The van der Waals surface area contributed by atoms with E-state index in [4.69, 9.17) is 4.74 Å². The zero-order chi connectivity index (χ0) is 14.9. The minimum atomic E-state index is -0.218. The van der Waals surface area contributed by atoms with Gasteiger partial charge in [-0.2, -0.15) is 0 Å². The Bertz CT molecular complexity index is 598. The maximum Gasteiger partial charge on any atom is 0.123 e. The van der Waals surface area contributed by atoms with E-state index >= 15 is 0 Å². The van der Waals surface area contributed by atoms with Gasteiger partial charge >= 0.3 is 0 Å². The Labute approximate surface area is 125 Å². The van der Waals surface area contributed by atoms with E-state index in [9.17, 15) is 4.39 Å². The van der Waals surface area contributed by atoms with Gasteiger partial charge in [0.2, 0.25) is 0 Å². The summed E-state index contributed by atoms with van der Waals surface area (Å²) in [6, 6.07) is 17.0. The van der Waals surface area contributed by atoms with Crippen molar-refractivity contribution >= 4 is 0 Å². The first-order valence-electron chi connectivity index (χ1n) is 7.29. The van der Waals surface area contributed by atoms with Crippen molar-refractivity contribution in [3.05, 3.63) is 71.5 Å². The molecule has 0 bridgehead atoms. The van der Waals surface area contributed by atoms with Gasteiger partial charge in [0.1, 0.15) is 5.82 Å². The zero-order valence-corrected chi connectivity index (χ0v) is 12.3. The fourth-order valence-corrected chi connectivity index (χ4v) is 3.03. The quantitative estimate of drug-likeness (QED) is 0.906. The van der Waals surface area contributed by atoms with E-state index in [1.807, 2.05) is 18.2 Å². The van der Waals surface area contributed by atoms with Crippen LogP contribution in [0.25, 0.3) is 0 Å². The summed E-state index contributed by atoms with van der Waals surface area (Å²) in [5, 5.41) is 3.65. The number of hydrogen-bond donors (Lipinski definition) is 1. The van der Waals surface area contributed by atoms with Crippen LogP contribution in [0.3, 0.4) is 0 Å². The second-order valence-electron chi connectivity index (χ2n) is 5.91. The third-order valence-electron chi connectivity index (χ3n) is 4.16. The molecule has 1 aliphatic heterocycles. The van der Waals surface area contributed by atoms with Gasteiger partial charge in [-0.1, -0.05) is 42.5 Å². The van der Waals surface area contributed by atoms with E-state index in [1.165, 1.54) is 17.7 Å². The highest BCUT2D eigenvalue weighted by Crippen LogP contribution is 2.33. The van der Waals surface area contributed by atoms with Gasteiger partial charge in [0.15, 0.2) is 0 Å². The molecule has 0 spiro atoms. The number of hydrogen-bond acceptors (Lipinski definition) is 2. The number of rotatable bonds is 2. The average molecular weight is 285 g/mol. The molecule has 1 heterocycles. The van der Waals surface area contributed by atoms with Gasteiger partial charge in [-0.3, -0.25) is 0 Å². The Balaban J connectivity index is 1.79. The molecule has 1 N–H and O–H groups in total. The lowest BCUT2D eigenvalue weighted by molar-refractivity contribution is -0.0573. The highest BCUT2D eigenvalue weighted by Gasteiger charge is 2.37. The van der Waals surface area contributed by atoms with Crippen LogP contribution in [0, 0.1) is 5.82 Å². The summed E-state index contributed by atoms with van der Waals surface area (Å²) in [6.07, 6.45) is -0.0533. The number of morpholine rings is 1. The van der Waals surface area contributed by atoms with Crippen molar-refractivity contribution in [2.24, 2.45) is 0 Å². The van der Waals surface area contributed by atoms with Crippen molar-refractivity contribution < 1.29 is 9.13 Å². The monoisotopic (exact) mass is 285 g/mol. The van der Waals surface area contributed by atoms with Crippen LogP contribution in [0.15, 0.2) is 54.6 Å². The van der Waals surface area contributed by atoms with Gasteiger partial charge < -0.3 is 10.1 Å². The van der Waals surface area contributed by atoms with Crippen LogP contribution in [-0.4, -0.2) is 12.6 Å². The molecule has 3 atom stereocenters. The maximum atomic E-state index is 13.0. The van der Waals surface area contributed by atoms with Crippen LogP contribution in [0.2, 0.25) is 0 Å². The summed E-state index contributed by atoms with van der Waals surface area (Å²) in [6.45, 7) is 4.84. The normalized spacial score (nSPS) is 29.3. The molecular weight excluding hydrogens is 265 g/mol. The van der Waals surface area contributed by atoms with Gasteiger partial charge in [-0.15, -0.1) is 0 Å². The molecule has 0 amide bonds. The first-order valence-corrected chi connectivity index (χ1v) is 7.29. The van der Waals surface area contributed by atoms with Crippen molar-refractivity contribution in [1.82, 2.24) is 5.32 Å². The molecule has 110 valence electrons. The molecule has 3 unspecified atom stereocenters. The molecular formula is C18H20FNO. The first kappa shape index (κ1) is 14.2. The highest BCUT2D eigenvalue weighted by atomic mass is 19.1. The number of benzene rings is 2. The third-order valence-corrected chi connectivity index (χ3v) is 4.16. The molecule has 0 radical (unpaired) electrons. The topological polar surface area (TPSA) is 21.3 Å². The number of nitrogens with one attached hydrogen (secondary N) is 1. The van der Waals surface area contributed by atoms with E-state index in [0.717, 1.165) is 5.56 Å². The van der Waals surface area contributed by atoms with Crippen LogP contribution in [0.4, 0.5) is 4.39 Å². The lowest BCUT2D eigenvalue weighted by Gasteiger charge is -2.43. The van der Waals surface area contributed by atoms with E-state index in [0.29, 0.717) is 6.61 Å². The molecule has 1 saturated heterocycles. The third kappa shape index (κ3) is 2.85. The van der Waals surface area contributed by atoms with Crippen LogP contribution in [0.1, 0.15) is 31.1 Å². The van der Waals surface area contributed by atoms with Gasteiger partial charge in [-0.05, 0) is 37.1 Å². The van der Waals surface area contributed by atoms with Crippen molar-refractivity contribution in [2.75, 3.05) is 6.61 Å². The van der Waals surface area contributed by atoms with Crippen LogP contribution < -0.4 is 5.32 Å². The van der Waals surface area contributed by atoms with E-state index < -0.39 is 0 Å². The molecule has 1 aliphatic rings. The molecule has 1 fully saturated rings. The number of ether oxygens (including phenoxy) is 1. The Morgan fingerprint density at radius 1 is 1.10 bits per heavy atom. The maximum absolute atomic E-state index is 13.0. The smallest absolute Gasteiger partial charge is 0.123 e. The SMILES string of the molecule is CC1NC(C)(c2ccccc2)COC1c1ccc(F)cc1. The average Bonchev–Trinajstić information content (AvgIpc) is 2.50. The highest BCUT2D eigenvalue weighted by molar-refractivity contribution is 5.27. The van der Waals surface area contributed by atoms with E-state index in [2.05, 4.69) is 31.3 Å². The Hall–Kier alpha value is -1.71. The van der Waals surface area contributed by atoms with Gasteiger partial charge in [-0.25, -0.2) is 4.39 Å². The van der Waals surface area contributed by atoms with Crippen molar-refractivity contribution in [2.45, 2.75) is 31.5 Å². The summed E-state index contributed by atoms with van der Waals surface area (Å²) in [5.41, 5.74) is 2.03. The van der Waals surface area contributed by atoms with Crippen molar-refractivity contribution in [3.63, 3.8) is 0 Å². The van der Waals surface area contributed by atoms with E-state index in [-0.39, 0.29) is 23.5 Å². The molecule has 3 heteroatoms. The van der Waals surface area contributed by atoms with Crippen LogP contribution in [0.5, 0.6) is 0 Å². The largest absolute Gasteiger partial charge is 0.370 e. The Morgan fingerprint density at radius 2 is 1.76 bits per heavy atom. The summed E-state index contributed by atoms with van der Waals surface area (Å²) in [4.78, 5) is 0. The minimum absolute atomic E-state index is 0.0533. The molecule has 0 aliphatic carbocycles. The lowest BCUT2D eigenvalue weighted by Crippen LogP contribution is -2.55. The van der Waals surface area contributed by atoms with Crippen molar-refractivity contribution in [1.29, 1.82) is 0 Å². The predicted octanol–water partition coefficient (Wildman–Crippen LogP) is 3.79. The molecule has 21 heavy (non-hydrogen) atoms. The molecule has 0 saturated carbocycles. The summed E-state index contributed by atoms with van der Waals surface area (Å²) in [5.74, 6) is -0.218.